The minimum atomic E-state index is -0.782. The van der Waals surface area contributed by atoms with Gasteiger partial charge in [-0.2, -0.15) is 0 Å². The van der Waals surface area contributed by atoms with E-state index in [-0.39, 0.29) is 24.9 Å². The van der Waals surface area contributed by atoms with Crippen molar-refractivity contribution in [2.24, 2.45) is 23.7 Å². The number of furan rings is 1. The lowest BCUT2D eigenvalue weighted by atomic mass is 9.58. The van der Waals surface area contributed by atoms with Crippen LogP contribution < -0.4 is 14.2 Å². The minimum Gasteiger partial charge on any atom is -0.493 e. The Morgan fingerprint density at radius 2 is 1.84 bits per heavy atom. The molecule has 8 atom stereocenters. The molecule has 0 amide bonds. The van der Waals surface area contributed by atoms with E-state index in [2.05, 4.69) is 26.0 Å². The standard InChI is InChI=1S/C34H40O9/c1-19-7-9-25-20(2)31(40-32-34(25)24(19)11-12-33(3,41-32)42-43-34)36-13-5-6-21-14-23-17-27(39-30(23)29(15-21)35-4)22-8-10-26-28(16-22)38-18-37-26/h8,10,14-17,19-20,24-25,31-32H,5-7,9,11-13,18H2,1-4H3/t19-,20-,24+,25+,31+,32-,33-,34-/m1/s1. The zero-order valence-electron chi connectivity index (χ0n) is 25.3. The molecule has 0 unspecified atom stereocenters. The molecular formula is C34H40O9. The Morgan fingerprint density at radius 1 is 0.953 bits per heavy atom. The minimum absolute atomic E-state index is 0.165. The van der Waals surface area contributed by atoms with Gasteiger partial charge in [0.2, 0.25) is 12.6 Å². The topological polar surface area (TPSA) is 87.0 Å². The van der Waals surface area contributed by atoms with Crippen molar-refractivity contribution in [3.8, 4) is 28.6 Å². The second-order valence-corrected chi connectivity index (χ2v) is 13.1. The number of methoxy groups -OCH3 is 1. The Labute approximate surface area is 251 Å². The van der Waals surface area contributed by atoms with Crippen LogP contribution in [-0.4, -0.2) is 44.5 Å². The number of ether oxygens (including phenoxy) is 6. The van der Waals surface area contributed by atoms with Crippen LogP contribution in [0.1, 0.15) is 58.4 Å². The molecule has 9 nitrogen and oxygen atoms in total. The Kier molecular flexibility index (Phi) is 6.69. The summed E-state index contributed by atoms with van der Waals surface area (Å²) in [7, 11) is 1.67. The first-order valence-corrected chi connectivity index (χ1v) is 15.7. The fraction of sp³-hybridized carbons (Fsp3) is 0.588. The van der Waals surface area contributed by atoms with Crippen molar-refractivity contribution in [1.29, 1.82) is 0 Å². The second-order valence-electron chi connectivity index (χ2n) is 13.1. The van der Waals surface area contributed by atoms with Crippen molar-refractivity contribution in [2.45, 2.75) is 83.3 Å². The summed E-state index contributed by atoms with van der Waals surface area (Å²) in [6, 6.07) is 12.1. The molecular weight excluding hydrogens is 552 g/mol. The van der Waals surface area contributed by atoms with Gasteiger partial charge in [0.1, 0.15) is 5.76 Å². The van der Waals surface area contributed by atoms with Gasteiger partial charge in [0.05, 0.1) is 13.7 Å². The molecule has 9 heteroatoms. The smallest absolute Gasteiger partial charge is 0.231 e. The molecule has 0 N–H and O–H groups in total. The Bertz CT molecular complexity index is 1520. The molecule has 6 aliphatic rings. The lowest BCUT2D eigenvalue weighted by Gasteiger charge is -2.60. The van der Waals surface area contributed by atoms with E-state index in [1.54, 1.807) is 7.11 Å². The predicted octanol–water partition coefficient (Wildman–Crippen LogP) is 6.99. The fourth-order valence-corrected chi connectivity index (χ4v) is 8.21. The van der Waals surface area contributed by atoms with Crippen LogP contribution in [0.25, 0.3) is 22.3 Å². The molecule has 2 aromatic carbocycles. The molecule has 6 heterocycles. The van der Waals surface area contributed by atoms with Crippen molar-refractivity contribution in [1.82, 2.24) is 0 Å². The van der Waals surface area contributed by atoms with E-state index in [1.165, 1.54) is 6.42 Å². The van der Waals surface area contributed by atoms with Crippen LogP contribution in [-0.2, 0) is 30.4 Å². The molecule has 0 radical (unpaired) electrons. The van der Waals surface area contributed by atoms with Crippen LogP contribution in [0.2, 0.25) is 0 Å². The van der Waals surface area contributed by atoms with Gasteiger partial charge in [0, 0.05) is 29.2 Å². The van der Waals surface area contributed by atoms with Crippen LogP contribution in [0.15, 0.2) is 40.8 Å². The third-order valence-electron chi connectivity index (χ3n) is 10.5. The van der Waals surface area contributed by atoms with E-state index in [4.69, 9.17) is 42.6 Å². The SMILES string of the molecule is COc1cc(CCCO[C@H]2O[C@@H]3O[C@@]4(C)CC[C@H]5[C@H](C)CC[C@@H]([C@H]2C)[C@@]35OO4)cc2cc(-c3ccc4c(c3)OCO4)oc12. The monoisotopic (exact) mass is 592 g/mol. The summed E-state index contributed by atoms with van der Waals surface area (Å²) in [5, 5.41) is 0.995. The number of hydrogen-bond donors (Lipinski definition) is 0. The van der Waals surface area contributed by atoms with Gasteiger partial charge < -0.3 is 32.8 Å². The largest absolute Gasteiger partial charge is 0.493 e. The summed E-state index contributed by atoms with van der Waals surface area (Å²) in [5.41, 5.74) is 2.25. The molecule has 3 aromatic rings. The van der Waals surface area contributed by atoms with E-state index in [1.807, 2.05) is 31.2 Å². The van der Waals surface area contributed by atoms with E-state index >= 15 is 0 Å². The second kappa shape index (κ2) is 10.4. The number of hydrogen-bond acceptors (Lipinski definition) is 9. The molecule has 230 valence electrons. The van der Waals surface area contributed by atoms with Crippen molar-refractivity contribution in [3.63, 3.8) is 0 Å². The molecule has 2 bridgehead atoms. The van der Waals surface area contributed by atoms with Crippen molar-refractivity contribution >= 4 is 11.0 Å². The van der Waals surface area contributed by atoms with Crippen molar-refractivity contribution in [2.75, 3.05) is 20.5 Å². The molecule has 1 spiro atoms. The van der Waals surface area contributed by atoms with Gasteiger partial charge in [-0.3, -0.25) is 0 Å². The molecule has 1 aromatic heterocycles. The number of benzene rings is 2. The molecule has 43 heavy (non-hydrogen) atoms. The van der Waals surface area contributed by atoms with Gasteiger partial charge in [-0.25, -0.2) is 9.78 Å². The van der Waals surface area contributed by atoms with Crippen LogP contribution >= 0.6 is 0 Å². The molecule has 4 saturated heterocycles. The molecule has 1 saturated carbocycles. The van der Waals surface area contributed by atoms with Gasteiger partial charge in [0.15, 0.2) is 41.0 Å². The summed E-state index contributed by atoms with van der Waals surface area (Å²) in [6.07, 6.45) is 4.90. The third kappa shape index (κ3) is 4.46. The van der Waals surface area contributed by atoms with Gasteiger partial charge in [-0.05, 0) is 92.8 Å². The first-order chi connectivity index (χ1) is 20.9. The molecule has 9 rings (SSSR count). The Hall–Kier alpha value is -2.82. The highest BCUT2D eigenvalue weighted by molar-refractivity contribution is 5.88. The van der Waals surface area contributed by atoms with E-state index in [0.29, 0.717) is 24.2 Å². The highest BCUT2D eigenvalue weighted by Crippen LogP contribution is 2.60. The highest BCUT2D eigenvalue weighted by atomic mass is 17.3. The third-order valence-corrected chi connectivity index (χ3v) is 10.5. The lowest BCUT2D eigenvalue weighted by Crippen LogP contribution is -2.70. The normalized spacial score (nSPS) is 36.0. The Balaban J connectivity index is 0.952. The Morgan fingerprint density at radius 3 is 2.72 bits per heavy atom. The van der Waals surface area contributed by atoms with Crippen molar-refractivity contribution < 1.29 is 42.6 Å². The maximum atomic E-state index is 6.58. The van der Waals surface area contributed by atoms with Gasteiger partial charge in [-0.1, -0.05) is 13.8 Å². The number of fused-ring (bicyclic) bond motifs is 4. The number of aryl methyl sites for hydroxylation is 1. The van der Waals surface area contributed by atoms with Gasteiger partial charge in [-0.15, -0.1) is 0 Å². The van der Waals surface area contributed by atoms with E-state index in [0.717, 1.165) is 71.5 Å². The van der Waals surface area contributed by atoms with E-state index < -0.39 is 17.7 Å². The number of rotatable bonds is 7. The van der Waals surface area contributed by atoms with Crippen LogP contribution in [0, 0.1) is 23.7 Å². The maximum absolute atomic E-state index is 6.58. The lowest BCUT2D eigenvalue weighted by molar-refractivity contribution is -0.577. The maximum Gasteiger partial charge on any atom is 0.231 e. The van der Waals surface area contributed by atoms with Crippen LogP contribution in [0.5, 0.6) is 17.2 Å². The first kappa shape index (κ1) is 27.7. The summed E-state index contributed by atoms with van der Waals surface area (Å²) >= 11 is 0. The predicted molar refractivity (Wildman–Crippen MR) is 155 cm³/mol. The summed E-state index contributed by atoms with van der Waals surface area (Å²) < 4.78 is 42.4. The quantitative estimate of drug-likeness (QED) is 0.213. The molecule has 1 aliphatic carbocycles. The van der Waals surface area contributed by atoms with Gasteiger partial charge in [0.25, 0.3) is 0 Å². The summed E-state index contributed by atoms with van der Waals surface area (Å²) in [4.78, 5) is 12.2. The molecule has 5 aliphatic heterocycles. The average Bonchev–Trinajstić information content (AvgIpc) is 3.60. The zero-order chi connectivity index (χ0) is 29.3. The van der Waals surface area contributed by atoms with Crippen LogP contribution in [0.4, 0.5) is 0 Å². The highest BCUT2D eigenvalue weighted by Gasteiger charge is 2.69. The zero-order valence-corrected chi connectivity index (χ0v) is 25.3. The van der Waals surface area contributed by atoms with Crippen LogP contribution in [0.3, 0.4) is 0 Å². The summed E-state index contributed by atoms with van der Waals surface area (Å²) in [6.45, 7) is 7.33. The average molecular weight is 593 g/mol. The van der Waals surface area contributed by atoms with Gasteiger partial charge >= 0.3 is 0 Å². The first-order valence-electron chi connectivity index (χ1n) is 15.7. The fourth-order valence-electron chi connectivity index (χ4n) is 8.21. The summed E-state index contributed by atoms with van der Waals surface area (Å²) in [5.74, 6) is 3.47. The molecule has 5 fully saturated rings. The van der Waals surface area contributed by atoms with E-state index in [9.17, 15) is 0 Å². The van der Waals surface area contributed by atoms with Crippen molar-refractivity contribution in [3.05, 3.63) is 42.0 Å².